The molecule has 0 aromatic rings. The van der Waals surface area contributed by atoms with Crippen molar-refractivity contribution in [3.05, 3.63) is 22.7 Å². The molecule has 1 saturated carbocycles. The molecule has 1 atom stereocenters. The number of hydrogen-bond donors (Lipinski definition) is 3. The van der Waals surface area contributed by atoms with Crippen LogP contribution in [0, 0.1) is 11.8 Å². The van der Waals surface area contributed by atoms with Gasteiger partial charge in [-0.25, -0.2) is 4.79 Å². The number of allylic oxidation sites excluding steroid dienone is 3. The maximum absolute atomic E-state index is 11.4. The standard InChI is InChI=1S/C13H20N2O2/c1-7-10(13(16)17)11(9-5-3-4-6-9)12(14)8(2)15-7/h9,11,15H,3-6,14H2,1-2H3,(H,16,17). The van der Waals surface area contributed by atoms with E-state index in [1.807, 2.05) is 13.8 Å². The summed E-state index contributed by atoms with van der Waals surface area (Å²) in [7, 11) is 0. The molecule has 1 fully saturated rings. The van der Waals surface area contributed by atoms with Crippen LogP contribution in [-0.2, 0) is 4.79 Å². The van der Waals surface area contributed by atoms with E-state index in [1.165, 1.54) is 12.8 Å². The van der Waals surface area contributed by atoms with Crippen molar-refractivity contribution >= 4 is 5.97 Å². The third-order valence-corrected chi connectivity index (χ3v) is 3.96. The molecule has 0 radical (unpaired) electrons. The predicted molar refractivity (Wildman–Crippen MR) is 65.8 cm³/mol. The molecule has 2 rings (SSSR count). The summed E-state index contributed by atoms with van der Waals surface area (Å²) >= 11 is 0. The molecule has 17 heavy (non-hydrogen) atoms. The highest BCUT2D eigenvalue weighted by Gasteiger charge is 2.37. The summed E-state index contributed by atoms with van der Waals surface area (Å²) in [5.41, 5.74) is 8.92. The minimum atomic E-state index is -0.845. The molecule has 1 heterocycles. The number of nitrogens with one attached hydrogen (secondary N) is 1. The number of carboxylic acids is 1. The predicted octanol–water partition coefficient (Wildman–Crippen LogP) is 1.94. The van der Waals surface area contributed by atoms with Crippen LogP contribution in [0.15, 0.2) is 22.7 Å². The first-order valence-corrected chi connectivity index (χ1v) is 6.19. The monoisotopic (exact) mass is 236 g/mol. The van der Waals surface area contributed by atoms with E-state index < -0.39 is 5.97 Å². The molecule has 2 aliphatic rings. The van der Waals surface area contributed by atoms with Crippen LogP contribution in [0.3, 0.4) is 0 Å². The summed E-state index contributed by atoms with van der Waals surface area (Å²) < 4.78 is 0. The zero-order valence-corrected chi connectivity index (χ0v) is 10.4. The summed E-state index contributed by atoms with van der Waals surface area (Å²) in [6, 6.07) is 0. The van der Waals surface area contributed by atoms with E-state index in [-0.39, 0.29) is 5.92 Å². The quantitative estimate of drug-likeness (QED) is 0.685. The topological polar surface area (TPSA) is 75.4 Å². The largest absolute Gasteiger partial charge is 0.478 e. The molecular formula is C13H20N2O2. The van der Waals surface area contributed by atoms with E-state index in [2.05, 4.69) is 5.32 Å². The van der Waals surface area contributed by atoms with Crippen LogP contribution >= 0.6 is 0 Å². The molecule has 1 aliphatic heterocycles. The third kappa shape index (κ3) is 2.04. The van der Waals surface area contributed by atoms with Gasteiger partial charge in [-0.05, 0) is 32.6 Å². The van der Waals surface area contributed by atoms with Gasteiger partial charge in [0.25, 0.3) is 0 Å². The smallest absolute Gasteiger partial charge is 0.334 e. The van der Waals surface area contributed by atoms with Crippen molar-refractivity contribution in [1.82, 2.24) is 5.32 Å². The normalized spacial score (nSPS) is 26.4. The number of carboxylic acid groups (broad SMARTS) is 1. The molecule has 1 unspecified atom stereocenters. The van der Waals surface area contributed by atoms with Crippen molar-refractivity contribution in [2.75, 3.05) is 0 Å². The van der Waals surface area contributed by atoms with Gasteiger partial charge in [0.2, 0.25) is 0 Å². The van der Waals surface area contributed by atoms with Crippen molar-refractivity contribution in [2.45, 2.75) is 39.5 Å². The summed E-state index contributed by atoms with van der Waals surface area (Å²) in [5, 5.41) is 12.4. The maximum atomic E-state index is 11.4. The molecule has 94 valence electrons. The molecule has 0 spiro atoms. The number of nitrogens with two attached hydrogens (primary N) is 1. The van der Waals surface area contributed by atoms with Gasteiger partial charge in [-0.15, -0.1) is 0 Å². The fourth-order valence-corrected chi connectivity index (χ4v) is 3.12. The lowest BCUT2D eigenvalue weighted by atomic mass is 9.79. The molecule has 1 aliphatic carbocycles. The van der Waals surface area contributed by atoms with Gasteiger partial charge in [0.1, 0.15) is 0 Å². The van der Waals surface area contributed by atoms with Crippen LogP contribution in [0.1, 0.15) is 39.5 Å². The number of carbonyl (C=O) groups is 1. The summed E-state index contributed by atoms with van der Waals surface area (Å²) in [6.45, 7) is 3.74. The first-order chi connectivity index (χ1) is 8.02. The van der Waals surface area contributed by atoms with E-state index in [1.54, 1.807) is 0 Å². The average molecular weight is 236 g/mol. The van der Waals surface area contributed by atoms with E-state index in [0.29, 0.717) is 17.2 Å². The Balaban J connectivity index is 2.40. The van der Waals surface area contributed by atoms with Crippen molar-refractivity contribution in [3.63, 3.8) is 0 Å². The number of rotatable bonds is 2. The highest BCUT2D eigenvalue weighted by molar-refractivity contribution is 5.89. The van der Waals surface area contributed by atoms with Crippen LogP contribution in [-0.4, -0.2) is 11.1 Å². The second-order valence-electron chi connectivity index (χ2n) is 5.07. The van der Waals surface area contributed by atoms with Crippen LogP contribution < -0.4 is 11.1 Å². The fraction of sp³-hybridized carbons (Fsp3) is 0.615. The molecular weight excluding hydrogens is 216 g/mol. The second-order valence-corrected chi connectivity index (χ2v) is 5.07. The number of hydrogen-bond acceptors (Lipinski definition) is 3. The van der Waals surface area contributed by atoms with Gasteiger partial charge in [0.05, 0.1) is 5.57 Å². The minimum Gasteiger partial charge on any atom is -0.478 e. The van der Waals surface area contributed by atoms with Gasteiger partial charge in [-0.2, -0.15) is 0 Å². The molecule has 4 N–H and O–H groups in total. The highest BCUT2D eigenvalue weighted by atomic mass is 16.4. The van der Waals surface area contributed by atoms with Gasteiger partial charge in [-0.1, -0.05) is 12.8 Å². The number of dihydropyridines is 1. The molecule has 0 amide bonds. The van der Waals surface area contributed by atoms with Crippen molar-refractivity contribution in [1.29, 1.82) is 0 Å². The van der Waals surface area contributed by atoms with Gasteiger partial charge < -0.3 is 16.2 Å². The van der Waals surface area contributed by atoms with Crippen LogP contribution in [0.4, 0.5) is 0 Å². The van der Waals surface area contributed by atoms with E-state index >= 15 is 0 Å². The summed E-state index contributed by atoms with van der Waals surface area (Å²) in [6.07, 6.45) is 4.55. The molecule has 0 bridgehead atoms. The Morgan fingerprint density at radius 3 is 2.41 bits per heavy atom. The Morgan fingerprint density at radius 1 is 1.29 bits per heavy atom. The van der Waals surface area contributed by atoms with Crippen LogP contribution in [0.2, 0.25) is 0 Å². The molecule has 0 saturated heterocycles. The van der Waals surface area contributed by atoms with E-state index in [9.17, 15) is 9.90 Å². The Bertz CT molecular complexity index is 404. The fourth-order valence-electron chi connectivity index (χ4n) is 3.12. The lowest BCUT2D eigenvalue weighted by molar-refractivity contribution is -0.133. The van der Waals surface area contributed by atoms with E-state index in [0.717, 1.165) is 24.2 Å². The number of aliphatic carboxylic acids is 1. The Morgan fingerprint density at radius 2 is 1.88 bits per heavy atom. The van der Waals surface area contributed by atoms with Crippen molar-refractivity contribution in [2.24, 2.45) is 17.6 Å². The molecule has 0 aromatic heterocycles. The first kappa shape index (κ1) is 12.0. The molecule has 4 heteroatoms. The molecule has 4 nitrogen and oxygen atoms in total. The van der Waals surface area contributed by atoms with Gasteiger partial charge in [-0.3, -0.25) is 0 Å². The van der Waals surface area contributed by atoms with Crippen LogP contribution in [0.5, 0.6) is 0 Å². The Hall–Kier alpha value is -1.45. The molecule has 0 aromatic carbocycles. The van der Waals surface area contributed by atoms with Gasteiger partial charge in [0.15, 0.2) is 0 Å². The van der Waals surface area contributed by atoms with Crippen molar-refractivity contribution in [3.8, 4) is 0 Å². The SMILES string of the molecule is CC1=C(N)C(C2CCCC2)C(C(=O)O)=C(C)N1. The second kappa shape index (κ2) is 4.43. The third-order valence-electron chi connectivity index (χ3n) is 3.96. The van der Waals surface area contributed by atoms with Crippen LogP contribution in [0.25, 0.3) is 0 Å². The Kier molecular flexibility index (Phi) is 3.13. The zero-order chi connectivity index (χ0) is 12.6. The highest BCUT2D eigenvalue weighted by Crippen LogP contribution is 2.40. The van der Waals surface area contributed by atoms with Gasteiger partial charge in [0, 0.05) is 23.0 Å². The summed E-state index contributed by atoms with van der Waals surface area (Å²) in [4.78, 5) is 11.4. The Labute approximate surface area is 102 Å². The van der Waals surface area contributed by atoms with E-state index in [4.69, 9.17) is 5.73 Å². The average Bonchev–Trinajstić information content (AvgIpc) is 2.75. The lowest BCUT2D eigenvalue weighted by Crippen LogP contribution is -2.35. The summed E-state index contributed by atoms with van der Waals surface area (Å²) in [5.74, 6) is -0.549. The lowest BCUT2D eigenvalue weighted by Gasteiger charge is -2.32. The van der Waals surface area contributed by atoms with Gasteiger partial charge >= 0.3 is 5.97 Å². The zero-order valence-electron chi connectivity index (χ0n) is 10.4. The minimum absolute atomic E-state index is 0.101. The first-order valence-electron chi connectivity index (χ1n) is 6.19. The maximum Gasteiger partial charge on any atom is 0.334 e. The van der Waals surface area contributed by atoms with Crippen molar-refractivity contribution < 1.29 is 9.90 Å².